The van der Waals surface area contributed by atoms with E-state index >= 15 is 0 Å². The molecule has 0 saturated carbocycles. The second kappa shape index (κ2) is 4.64. The van der Waals surface area contributed by atoms with Crippen molar-refractivity contribution in [3.8, 4) is 0 Å². The first-order valence-corrected chi connectivity index (χ1v) is 4.42. The van der Waals surface area contributed by atoms with Gasteiger partial charge in [-0.05, 0) is 19.4 Å². The molecule has 13 heavy (non-hydrogen) atoms. The predicted octanol–water partition coefficient (Wildman–Crippen LogP) is -0.0427. The van der Waals surface area contributed by atoms with E-state index in [0.717, 1.165) is 6.42 Å². The standard InChI is InChI=1S/C9H14N2O2/c1-2-3-9(13)11-7-4-5-8(12)10-6-7/h2-3,7H,4-6H2,1H3,(H,10,12)(H,11,13). The summed E-state index contributed by atoms with van der Waals surface area (Å²) in [5.74, 6) is -0.0276. The molecule has 1 aliphatic heterocycles. The minimum absolute atomic E-state index is 0.0662. The van der Waals surface area contributed by atoms with Gasteiger partial charge >= 0.3 is 0 Å². The van der Waals surface area contributed by atoms with E-state index in [9.17, 15) is 9.59 Å². The van der Waals surface area contributed by atoms with Crippen molar-refractivity contribution in [2.45, 2.75) is 25.8 Å². The van der Waals surface area contributed by atoms with Crippen molar-refractivity contribution in [2.24, 2.45) is 0 Å². The molecule has 4 nitrogen and oxygen atoms in total. The quantitative estimate of drug-likeness (QED) is 0.589. The van der Waals surface area contributed by atoms with Gasteiger partial charge in [0.2, 0.25) is 11.8 Å². The van der Waals surface area contributed by atoms with Crippen molar-refractivity contribution in [1.29, 1.82) is 0 Å². The Balaban J connectivity index is 2.30. The summed E-state index contributed by atoms with van der Waals surface area (Å²) in [6, 6.07) is 0.0846. The third-order valence-electron chi connectivity index (χ3n) is 1.93. The van der Waals surface area contributed by atoms with E-state index in [1.807, 2.05) is 0 Å². The average molecular weight is 182 g/mol. The maximum atomic E-state index is 11.1. The summed E-state index contributed by atoms with van der Waals surface area (Å²) in [5.41, 5.74) is 0. The molecule has 1 unspecified atom stereocenters. The molecule has 0 radical (unpaired) electrons. The van der Waals surface area contributed by atoms with Gasteiger partial charge in [0.25, 0.3) is 0 Å². The number of carbonyl (C=O) groups is 2. The number of hydrogen-bond donors (Lipinski definition) is 2. The fraction of sp³-hybridized carbons (Fsp3) is 0.556. The largest absolute Gasteiger partial charge is 0.354 e. The number of rotatable bonds is 2. The Labute approximate surface area is 77.4 Å². The summed E-state index contributed by atoms with van der Waals surface area (Å²) >= 11 is 0. The lowest BCUT2D eigenvalue weighted by Gasteiger charge is -2.22. The van der Waals surface area contributed by atoms with Gasteiger partial charge in [-0.2, -0.15) is 0 Å². The van der Waals surface area contributed by atoms with Crippen LogP contribution in [0.4, 0.5) is 0 Å². The van der Waals surface area contributed by atoms with E-state index in [2.05, 4.69) is 10.6 Å². The fourth-order valence-electron chi connectivity index (χ4n) is 1.26. The number of nitrogens with one attached hydrogen (secondary N) is 2. The van der Waals surface area contributed by atoms with Crippen LogP contribution in [0.3, 0.4) is 0 Å². The topological polar surface area (TPSA) is 58.2 Å². The lowest BCUT2D eigenvalue weighted by molar-refractivity contribution is -0.124. The molecule has 4 heteroatoms. The lowest BCUT2D eigenvalue weighted by atomic mass is 10.1. The molecule has 0 aromatic heterocycles. The fourth-order valence-corrected chi connectivity index (χ4v) is 1.26. The Morgan fingerprint density at radius 1 is 1.69 bits per heavy atom. The zero-order chi connectivity index (χ0) is 9.68. The molecule has 1 saturated heterocycles. The minimum atomic E-state index is -0.0938. The molecule has 1 heterocycles. The van der Waals surface area contributed by atoms with Crippen molar-refractivity contribution < 1.29 is 9.59 Å². The molecule has 1 atom stereocenters. The SMILES string of the molecule is CC=CC(=O)NC1CCC(=O)NC1. The van der Waals surface area contributed by atoms with Crippen LogP contribution in [0.15, 0.2) is 12.2 Å². The van der Waals surface area contributed by atoms with Gasteiger partial charge in [-0.1, -0.05) is 6.08 Å². The van der Waals surface area contributed by atoms with Gasteiger partial charge in [-0.25, -0.2) is 0 Å². The van der Waals surface area contributed by atoms with E-state index < -0.39 is 0 Å². The normalized spacial score (nSPS) is 22.8. The monoisotopic (exact) mass is 182 g/mol. The highest BCUT2D eigenvalue weighted by Crippen LogP contribution is 2.02. The van der Waals surface area contributed by atoms with Crippen molar-refractivity contribution >= 4 is 11.8 Å². The summed E-state index contributed by atoms with van der Waals surface area (Å²) in [6.45, 7) is 2.34. The molecule has 1 fully saturated rings. The molecule has 1 aliphatic rings. The first kappa shape index (κ1) is 9.77. The van der Waals surface area contributed by atoms with E-state index in [1.54, 1.807) is 13.0 Å². The Kier molecular flexibility index (Phi) is 3.49. The first-order chi connectivity index (χ1) is 6.22. The summed E-state index contributed by atoms with van der Waals surface area (Å²) in [6.07, 6.45) is 4.41. The second-order valence-electron chi connectivity index (χ2n) is 3.05. The summed E-state index contributed by atoms with van der Waals surface area (Å²) in [4.78, 5) is 21.9. The minimum Gasteiger partial charge on any atom is -0.354 e. The van der Waals surface area contributed by atoms with Gasteiger partial charge < -0.3 is 10.6 Å². The lowest BCUT2D eigenvalue weighted by Crippen LogP contribution is -2.47. The molecular weight excluding hydrogens is 168 g/mol. The molecule has 0 aromatic rings. The number of piperidine rings is 1. The Morgan fingerprint density at radius 3 is 3.00 bits per heavy atom. The van der Waals surface area contributed by atoms with Gasteiger partial charge in [0.05, 0.1) is 0 Å². The molecule has 0 spiro atoms. The van der Waals surface area contributed by atoms with Crippen LogP contribution < -0.4 is 10.6 Å². The molecule has 1 rings (SSSR count). The van der Waals surface area contributed by atoms with Gasteiger partial charge in [-0.15, -0.1) is 0 Å². The van der Waals surface area contributed by atoms with Crippen LogP contribution in [0.25, 0.3) is 0 Å². The van der Waals surface area contributed by atoms with Crippen LogP contribution in [0.5, 0.6) is 0 Å². The third kappa shape index (κ3) is 3.27. The number of amides is 2. The van der Waals surface area contributed by atoms with Gasteiger partial charge in [0, 0.05) is 19.0 Å². The van der Waals surface area contributed by atoms with Crippen LogP contribution >= 0.6 is 0 Å². The van der Waals surface area contributed by atoms with E-state index in [4.69, 9.17) is 0 Å². The van der Waals surface area contributed by atoms with Crippen LogP contribution in [0.2, 0.25) is 0 Å². The molecule has 0 bridgehead atoms. The van der Waals surface area contributed by atoms with Crippen LogP contribution in [-0.4, -0.2) is 24.4 Å². The van der Waals surface area contributed by atoms with Crippen molar-refractivity contribution in [3.63, 3.8) is 0 Å². The zero-order valence-electron chi connectivity index (χ0n) is 7.67. The Bertz CT molecular complexity index is 226. The van der Waals surface area contributed by atoms with Crippen LogP contribution in [0, 0.1) is 0 Å². The maximum Gasteiger partial charge on any atom is 0.243 e. The average Bonchev–Trinajstić information content (AvgIpc) is 2.09. The van der Waals surface area contributed by atoms with E-state index in [-0.39, 0.29) is 17.9 Å². The van der Waals surface area contributed by atoms with Gasteiger partial charge in [0.15, 0.2) is 0 Å². The second-order valence-corrected chi connectivity index (χ2v) is 3.05. The molecule has 0 aliphatic carbocycles. The number of hydrogen-bond acceptors (Lipinski definition) is 2. The number of carbonyl (C=O) groups excluding carboxylic acids is 2. The van der Waals surface area contributed by atoms with Crippen LogP contribution in [0.1, 0.15) is 19.8 Å². The maximum absolute atomic E-state index is 11.1. The van der Waals surface area contributed by atoms with Crippen molar-refractivity contribution in [1.82, 2.24) is 10.6 Å². The molecule has 2 N–H and O–H groups in total. The molecular formula is C9H14N2O2. The molecule has 72 valence electrons. The number of allylic oxidation sites excluding steroid dienone is 1. The highest BCUT2D eigenvalue weighted by Gasteiger charge is 2.18. The molecule has 2 amide bonds. The smallest absolute Gasteiger partial charge is 0.243 e. The third-order valence-corrected chi connectivity index (χ3v) is 1.93. The zero-order valence-corrected chi connectivity index (χ0v) is 7.67. The Morgan fingerprint density at radius 2 is 2.46 bits per heavy atom. The summed E-state index contributed by atoms with van der Waals surface area (Å²) in [5, 5.41) is 5.50. The Hall–Kier alpha value is -1.32. The van der Waals surface area contributed by atoms with Gasteiger partial charge in [0.1, 0.15) is 0 Å². The summed E-state index contributed by atoms with van der Waals surface area (Å²) in [7, 11) is 0. The predicted molar refractivity (Wildman–Crippen MR) is 49.0 cm³/mol. The van der Waals surface area contributed by atoms with E-state index in [1.165, 1.54) is 6.08 Å². The first-order valence-electron chi connectivity index (χ1n) is 4.42. The summed E-state index contributed by atoms with van der Waals surface area (Å²) < 4.78 is 0. The van der Waals surface area contributed by atoms with Crippen molar-refractivity contribution in [2.75, 3.05) is 6.54 Å². The highest BCUT2D eigenvalue weighted by molar-refractivity contribution is 5.87. The van der Waals surface area contributed by atoms with E-state index in [0.29, 0.717) is 13.0 Å². The van der Waals surface area contributed by atoms with Crippen LogP contribution in [-0.2, 0) is 9.59 Å². The highest BCUT2D eigenvalue weighted by atomic mass is 16.2. The molecule has 0 aromatic carbocycles. The van der Waals surface area contributed by atoms with Gasteiger partial charge in [-0.3, -0.25) is 9.59 Å². The van der Waals surface area contributed by atoms with Crippen molar-refractivity contribution in [3.05, 3.63) is 12.2 Å².